The first-order valence-electron chi connectivity index (χ1n) is 9.48. The summed E-state index contributed by atoms with van der Waals surface area (Å²) in [5, 5.41) is 9.14. The van der Waals surface area contributed by atoms with Gasteiger partial charge < -0.3 is 9.84 Å². The zero-order valence-electron chi connectivity index (χ0n) is 15.6. The summed E-state index contributed by atoms with van der Waals surface area (Å²) in [6.45, 7) is 2.52. The van der Waals surface area contributed by atoms with E-state index in [2.05, 4.69) is 23.1 Å². The molecule has 2 aromatic rings. The summed E-state index contributed by atoms with van der Waals surface area (Å²) in [6, 6.07) is 15.1. The maximum absolute atomic E-state index is 14.8. The number of rotatable bonds is 5. The van der Waals surface area contributed by atoms with Crippen LogP contribution in [0.5, 0.6) is 0 Å². The molecule has 4 rings (SSSR count). The molecule has 1 amide bonds. The molecule has 146 valence electrons. The molecule has 1 N–H and O–H groups in total. The lowest BCUT2D eigenvalue weighted by Gasteiger charge is -2.27. The number of ether oxygens (including phenoxy) is 1. The van der Waals surface area contributed by atoms with Gasteiger partial charge in [-0.1, -0.05) is 36.4 Å². The highest BCUT2D eigenvalue weighted by atomic mass is 19.1. The second-order valence-corrected chi connectivity index (χ2v) is 7.16. The fraction of sp³-hybridized carbons (Fsp3) is 0.318. The third-order valence-corrected chi connectivity index (χ3v) is 5.23. The number of benzene rings is 2. The number of amides is 1. The average molecular weight is 382 g/mol. The van der Waals surface area contributed by atoms with Gasteiger partial charge >= 0.3 is 6.09 Å². The molecule has 1 unspecified atom stereocenters. The van der Waals surface area contributed by atoms with Crippen LogP contribution in [0.1, 0.15) is 17.5 Å². The van der Waals surface area contributed by atoms with Crippen molar-refractivity contribution < 1.29 is 19.0 Å². The van der Waals surface area contributed by atoms with Crippen molar-refractivity contribution in [3.63, 3.8) is 0 Å². The summed E-state index contributed by atoms with van der Waals surface area (Å²) in [7, 11) is 0. The summed E-state index contributed by atoms with van der Waals surface area (Å²) >= 11 is 0. The predicted octanol–water partition coefficient (Wildman–Crippen LogP) is 3.43. The van der Waals surface area contributed by atoms with Crippen molar-refractivity contribution in [3.8, 4) is 0 Å². The first-order valence-corrected chi connectivity index (χ1v) is 9.48. The van der Waals surface area contributed by atoms with Gasteiger partial charge in [-0.2, -0.15) is 0 Å². The molecule has 0 radical (unpaired) electrons. The van der Waals surface area contributed by atoms with Crippen molar-refractivity contribution in [3.05, 3.63) is 71.6 Å². The van der Waals surface area contributed by atoms with Crippen LogP contribution in [0.2, 0.25) is 0 Å². The van der Waals surface area contributed by atoms with E-state index in [1.165, 1.54) is 16.5 Å². The van der Waals surface area contributed by atoms with Crippen LogP contribution >= 0.6 is 0 Å². The van der Waals surface area contributed by atoms with Crippen LogP contribution in [0.3, 0.4) is 0 Å². The normalized spacial score (nSPS) is 20.2. The van der Waals surface area contributed by atoms with Crippen molar-refractivity contribution in [2.24, 2.45) is 0 Å². The van der Waals surface area contributed by atoms with Crippen LogP contribution in [0.4, 0.5) is 14.9 Å². The lowest BCUT2D eigenvalue weighted by atomic mass is 9.98. The Hall–Kier alpha value is -2.70. The van der Waals surface area contributed by atoms with E-state index >= 15 is 0 Å². The molecule has 1 fully saturated rings. The molecule has 0 saturated carbocycles. The molecule has 2 aromatic carbocycles. The number of carbonyl (C=O) groups excluding carboxylic acids is 1. The first-order chi connectivity index (χ1) is 13.6. The number of cyclic esters (lactones) is 1. The Morgan fingerprint density at radius 2 is 2.00 bits per heavy atom. The lowest BCUT2D eigenvalue weighted by Crippen LogP contribution is -2.28. The maximum Gasteiger partial charge on any atom is 0.414 e. The highest BCUT2D eigenvalue weighted by molar-refractivity contribution is 5.90. The number of halogens is 1. The largest absolute Gasteiger partial charge is 0.441 e. The fourth-order valence-corrected chi connectivity index (χ4v) is 3.70. The first kappa shape index (κ1) is 18.7. The van der Waals surface area contributed by atoms with E-state index in [9.17, 15) is 9.18 Å². The van der Waals surface area contributed by atoms with Crippen LogP contribution in [-0.2, 0) is 11.3 Å². The summed E-state index contributed by atoms with van der Waals surface area (Å²) in [6.07, 6.45) is 1.74. The molecule has 2 aliphatic rings. The second kappa shape index (κ2) is 8.12. The SMILES string of the molecule is O=C1OC(CO)CN1c1ccc(C2=CCN(Cc3ccccc3)CC2)c(F)c1. The smallest absolute Gasteiger partial charge is 0.414 e. The summed E-state index contributed by atoms with van der Waals surface area (Å²) in [5.74, 6) is -0.347. The lowest BCUT2D eigenvalue weighted by molar-refractivity contribution is 0.0963. The van der Waals surface area contributed by atoms with Crippen molar-refractivity contribution >= 4 is 17.4 Å². The van der Waals surface area contributed by atoms with Gasteiger partial charge in [0.05, 0.1) is 18.8 Å². The third-order valence-electron chi connectivity index (χ3n) is 5.23. The van der Waals surface area contributed by atoms with Crippen molar-refractivity contribution in [2.45, 2.75) is 19.1 Å². The molecule has 1 saturated heterocycles. The molecule has 0 bridgehead atoms. The van der Waals surface area contributed by atoms with Crippen LogP contribution in [0, 0.1) is 5.82 Å². The molecule has 5 nitrogen and oxygen atoms in total. The minimum absolute atomic E-state index is 0.227. The Balaban J connectivity index is 1.44. The van der Waals surface area contributed by atoms with E-state index in [0.29, 0.717) is 11.3 Å². The van der Waals surface area contributed by atoms with Crippen LogP contribution in [0.25, 0.3) is 5.57 Å². The Morgan fingerprint density at radius 3 is 2.64 bits per heavy atom. The summed E-state index contributed by atoms with van der Waals surface area (Å²) < 4.78 is 19.8. The zero-order chi connectivity index (χ0) is 19.5. The van der Waals surface area contributed by atoms with Crippen molar-refractivity contribution in [1.82, 2.24) is 4.90 Å². The Labute approximate surface area is 163 Å². The van der Waals surface area contributed by atoms with E-state index < -0.39 is 12.2 Å². The molecule has 0 aromatic heterocycles. The van der Waals surface area contributed by atoms with Gasteiger partial charge in [0.15, 0.2) is 0 Å². The molecule has 6 heteroatoms. The predicted molar refractivity (Wildman–Crippen MR) is 105 cm³/mol. The topological polar surface area (TPSA) is 53.0 Å². The number of carbonyl (C=O) groups is 1. The van der Waals surface area contributed by atoms with E-state index in [1.54, 1.807) is 12.1 Å². The van der Waals surface area contributed by atoms with Gasteiger partial charge in [0, 0.05) is 25.2 Å². The zero-order valence-corrected chi connectivity index (χ0v) is 15.6. The van der Waals surface area contributed by atoms with E-state index in [0.717, 1.165) is 31.6 Å². The molecule has 1 atom stereocenters. The Kier molecular flexibility index (Phi) is 5.41. The van der Waals surface area contributed by atoms with Gasteiger partial charge in [-0.3, -0.25) is 9.80 Å². The van der Waals surface area contributed by atoms with Crippen LogP contribution in [-0.4, -0.2) is 48.4 Å². The Morgan fingerprint density at radius 1 is 1.18 bits per heavy atom. The highest BCUT2D eigenvalue weighted by Crippen LogP contribution is 2.30. The molecular formula is C22H23FN2O3. The van der Waals surface area contributed by atoms with Gasteiger partial charge in [0.2, 0.25) is 0 Å². The maximum atomic E-state index is 14.8. The number of nitrogens with zero attached hydrogens (tertiary/aromatic N) is 2. The summed E-state index contributed by atoms with van der Waals surface area (Å²) in [5.41, 5.74) is 3.29. The van der Waals surface area contributed by atoms with Crippen LogP contribution < -0.4 is 4.90 Å². The number of hydrogen-bond donors (Lipinski definition) is 1. The quantitative estimate of drug-likeness (QED) is 0.861. The van der Waals surface area contributed by atoms with E-state index in [-0.39, 0.29) is 19.0 Å². The Bertz CT molecular complexity index is 885. The van der Waals surface area contributed by atoms with Gasteiger partial charge in [0.1, 0.15) is 11.9 Å². The minimum Gasteiger partial charge on any atom is -0.441 e. The molecule has 2 heterocycles. The average Bonchev–Trinajstić information content (AvgIpc) is 3.10. The van der Waals surface area contributed by atoms with Crippen molar-refractivity contribution in [1.29, 1.82) is 0 Å². The van der Waals surface area contributed by atoms with Gasteiger partial charge in [0.25, 0.3) is 0 Å². The highest BCUT2D eigenvalue weighted by Gasteiger charge is 2.32. The standard InChI is InChI=1S/C22H23FN2O3/c23-21-12-18(25-14-19(15-26)28-22(25)27)6-7-20(21)17-8-10-24(11-9-17)13-16-4-2-1-3-5-16/h1-8,12,19,26H,9-11,13-15H2. The number of aliphatic hydroxyl groups is 1. The second-order valence-electron chi connectivity index (χ2n) is 7.16. The molecule has 0 aliphatic carbocycles. The van der Waals surface area contributed by atoms with Gasteiger partial charge in [-0.25, -0.2) is 9.18 Å². The fourth-order valence-electron chi connectivity index (χ4n) is 3.70. The summed E-state index contributed by atoms with van der Waals surface area (Å²) in [4.78, 5) is 15.6. The van der Waals surface area contributed by atoms with Gasteiger partial charge in [-0.15, -0.1) is 0 Å². The minimum atomic E-state index is -0.563. The molecule has 2 aliphatic heterocycles. The van der Waals surface area contributed by atoms with E-state index in [1.807, 2.05) is 18.2 Å². The molecule has 28 heavy (non-hydrogen) atoms. The number of anilines is 1. The third kappa shape index (κ3) is 3.93. The van der Waals surface area contributed by atoms with E-state index in [4.69, 9.17) is 9.84 Å². The molecule has 0 spiro atoms. The van der Waals surface area contributed by atoms with Gasteiger partial charge in [-0.05, 0) is 35.8 Å². The molecular weight excluding hydrogens is 359 g/mol. The monoisotopic (exact) mass is 382 g/mol. The number of hydrogen-bond acceptors (Lipinski definition) is 4. The van der Waals surface area contributed by atoms with Crippen molar-refractivity contribution in [2.75, 3.05) is 31.1 Å². The number of aliphatic hydroxyl groups excluding tert-OH is 1. The van der Waals surface area contributed by atoms with Crippen LogP contribution in [0.15, 0.2) is 54.6 Å².